The number of aromatic nitrogens is 2. The zero-order valence-corrected chi connectivity index (χ0v) is 53.7. The lowest BCUT2D eigenvalue weighted by atomic mass is 9.85. The number of para-hydroxylation sites is 4. The molecule has 18 aromatic rings. The van der Waals surface area contributed by atoms with Crippen molar-refractivity contribution in [2.75, 3.05) is 0 Å². The Morgan fingerprint density at radius 3 is 0.705 bits per heavy atom. The van der Waals surface area contributed by atoms with Crippen LogP contribution in [-0.2, 0) is 5.41 Å². The molecule has 0 radical (unpaired) electrons. The van der Waals surface area contributed by atoms with Crippen molar-refractivity contribution in [1.82, 2.24) is 9.13 Å². The van der Waals surface area contributed by atoms with E-state index in [9.17, 15) is 0 Å². The van der Waals surface area contributed by atoms with Crippen molar-refractivity contribution in [2.24, 2.45) is 0 Å². The average molecular weight is 1210 g/mol. The van der Waals surface area contributed by atoms with E-state index in [4.69, 9.17) is 0 Å². The molecular formula is C93H68N2. The van der Waals surface area contributed by atoms with Crippen LogP contribution in [0.25, 0.3) is 165 Å². The minimum atomic E-state index is 0.144. The van der Waals surface area contributed by atoms with Crippen molar-refractivity contribution < 1.29 is 0 Å². The Hall–Kier alpha value is -11.8. The lowest BCUT2D eigenvalue weighted by Gasteiger charge is -2.19. The van der Waals surface area contributed by atoms with Gasteiger partial charge in [0.05, 0.1) is 22.1 Å². The first-order chi connectivity index (χ1) is 46.7. The van der Waals surface area contributed by atoms with Gasteiger partial charge in [-0.05, 0) is 182 Å². The van der Waals surface area contributed by atoms with Crippen LogP contribution in [-0.4, -0.2) is 9.13 Å². The molecule has 450 valence electrons. The van der Waals surface area contributed by atoms with Gasteiger partial charge in [0.2, 0.25) is 0 Å². The summed E-state index contributed by atoms with van der Waals surface area (Å²) in [6, 6.07) is 125. The third-order valence-corrected chi connectivity index (χ3v) is 19.7. The van der Waals surface area contributed by atoms with Gasteiger partial charge in [0.25, 0.3) is 0 Å². The molecule has 95 heavy (non-hydrogen) atoms. The Morgan fingerprint density at radius 1 is 0.200 bits per heavy atom. The molecule has 0 aliphatic carbocycles. The maximum atomic E-state index is 2.39. The Balaban J connectivity index is 0.000000144. The molecule has 0 saturated carbocycles. The van der Waals surface area contributed by atoms with E-state index in [-0.39, 0.29) is 5.41 Å². The van der Waals surface area contributed by atoms with Crippen molar-refractivity contribution in [3.05, 3.63) is 351 Å². The number of benzene rings is 16. The Labute approximate surface area is 554 Å². The van der Waals surface area contributed by atoms with Gasteiger partial charge in [0, 0.05) is 32.9 Å². The van der Waals surface area contributed by atoms with Crippen molar-refractivity contribution in [3.8, 4) is 78.1 Å². The van der Waals surface area contributed by atoms with Crippen LogP contribution in [0.15, 0.2) is 340 Å². The van der Waals surface area contributed by atoms with Crippen molar-refractivity contribution in [3.63, 3.8) is 0 Å². The molecule has 0 saturated heterocycles. The fourth-order valence-corrected chi connectivity index (χ4v) is 15.2. The van der Waals surface area contributed by atoms with Crippen LogP contribution < -0.4 is 0 Å². The van der Waals surface area contributed by atoms with Gasteiger partial charge < -0.3 is 9.13 Å². The highest BCUT2D eigenvalue weighted by molar-refractivity contribution is 6.23. The van der Waals surface area contributed by atoms with Crippen LogP contribution in [0.3, 0.4) is 0 Å². The first kappa shape index (κ1) is 57.1. The first-order valence-electron chi connectivity index (χ1n) is 33.1. The lowest BCUT2D eigenvalue weighted by molar-refractivity contribution is 0.590. The van der Waals surface area contributed by atoms with E-state index in [0.29, 0.717) is 0 Å². The molecule has 0 amide bonds. The summed E-state index contributed by atoms with van der Waals surface area (Å²) in [5.41, 5.74) is 25.1. The van der Waals surface area contributed by atoms with E-state index in [0.717, 1.165) is 0 Å². The second-order valence-electron chi connectivity index (χ2n) is 26.3. The lowest BCUT2D eigenvalue weighted by Crippen LogP contribution is -2.10. The number of aryl methyl sites for hydroxylation is 1. The highest BCUT2D eigenvalue weighted by atomic mass is 15.0. The molecule has 2 nitrogen and oxygen atoms in total. The highest BCUT2D eigenvalue weighted by Gasteiger charge is 2.21. The summed E-state index contributed by atoms with van der Waals surface area (Å²) >= 11 is 0. The van der Waals surface area contributed by atoms with Gasteiger partial charge in [0.1, 0.15) is 0 Å². The first-order valence-corrected chi connectivity index (χ1v) is 33.1. The zero-order valence-electron chi connectivity index (χ0n) is 53.7. The summed E-state index contributed by atoms with van der Waals surface area (Å²) in [4.78, 5) is 0. The number of hydrogen-bond acceptors (Lipinski definition) is 0. The molecule has 0 unspecified atom stereocenters. The quantitative estimate of drug-likeness (QED) is 0.134. The molecule has 2 heterocycles. The van der Waals surface area contributed by atoms with E-state index in [1.54, 1.807) is 0 Å². The predicted octanol–water partition coefficient (Wildman–Crippen LogP) is 25.8. The third kappa shape index (κ3) is 9.88. The fourth-order valence-electron chi connectivity index (χ4n) is 15.2. The molecule has 2 heteroatoms. The maximum absolute atomic E-state index is 2.39. The minimum Gasteiger partial charge on any atom is -0.309 e. The van der Waals surface area contributed by atoms with Gasteiger partial charge in [-0.1, -0.05) is 312 Å². The van der Waals surface area contributed by atoms with E-state index in [1.165, 1.54) is 176 Å². The maximum Gasteiger partial charge on any atom is 0.0541 e. The largest absolute Gasteiger partial charge is 0.309 e. The number of nitrogens with zero attached hydrogens (tertiary/aromatic N) is 2. The molecule has 0 aliphatic rings. The second-order valence-corrected chi connectivity index (χ2v) is 26.3. The summed E-state index contributed by atoms with van der Waals surface area (Å²) in [5.74, 6) is 0. The van der Waals surface area contributed by atoms with Gasteiger partial charge in [-0.2, -0.15) is 0 Å². The molecule has 0 aliphatic heterocycles. The molecule has 0 N–H and O–H groups in total. The van der Waals surface area contributed by atoms with Gasteiger partial charge in [0.15, 0.2) is 0 Å². The summed E-state index contributed by atoms with van der Waals surface area (Å²) in [6.45, 7) is 8.97. The van der Waals surface area contributed by atoms with Crippen LogP contribution >= 0.6 is 0 Å². The van der Waals surface area contributed by atoms with Crippen molar-refractivity contribution in [1.29, 1.82) is 0 Å². The van der Waals surface area contributed by atoms with Crippen LogP contribution in [0.5, 0.6) is 0 Å². The monoisotopic (exact) mass is 1210 g/mol. The topological polar surface area (TPSA) is 9.86 Å². The number of fused-ring (bicyclic) bond motifs is 10. The Morgan fingerprint density at radius 2 is 0.421 bits per heavy atom. The van der Waals surface area contributed by atoms with Gasteiger partial charge in [-0.3, -0.25) is 0 Å². The number of hydrogen-bond donors (Lipinski definition) is 0. The van der Waals surface area contributed by atoms with Crippen LogP contribution in [0, 0.1) is 6.92 Å². The predicted molar refractivity (Wildman–Crippen MR) is 408 cm³/mol. The van der Waals surface area contributed by atoms with E-state index in [1.807, 2.05) is 0 Å². The molecule has 18 rings (SSSR count). The minimum absolute atomic E-state index is 0.144. The zero-order chi connectivity index (χ0) is 63.7. The van der Waals surface area contributed by atoms with Crippen molar-refractivity contribution in [2.45, 2.75) is 33.1 Å². The molecular weight excluding hydrogens is 1150 g/mol. The molecule has 0 spiro atoms. The molecule has 0 fully saturated rings. The van der Waals surface area contributed by atoms with Crippen LogP contribution in [0.2, 0.25) is 0 Å². The van der Waals surface area contributed by atoms with E-state index in [2.05, 4.69) is 377 Å². The molecule has 0 bridgehead atoms. The Bertz CT molecular complexity index is 5740. The fraction of sp³-hybridized carbons (Fsp3) is 0.0538. The SMILES string of the molecule is CC(C)(C)c1ccc(-c2ccc(-c3c4ccccc4c(-c4ccc(-n5c6ccccc6c6ccccc65)cc4)c4ccccc34)cc2)cc1.Cc1ccccc1-c1ccc(-c2c3ccccc3c(-c3ccc(-n4c5ccccc5c5ccccc54)cc3)c3ccccc23)cc1. The molecule has 0 atom stereocenters. The smallest absolute Gasteiger partial charge is 0.0541 e. The second kappa shape index (κ2) is 23.4. The normalized spacial score (nSPS) is 11.8. The third-order valence-electron chi connectivity index (χ3n) is 19.7. The number of rotatable bonds is 8. The van der Waals surface area contributed by atoms with Gasteiger partial charge >= 0.3 is 0 Å². The summed E-state index contributed by atoms with van der Waals surface area (Å²) < 4.78 is 4.77. The summed E-state index contributed by atoms with van der Waals surface area (Å²) in [7, 11) is 0. The van der Waals surface area contributed by atoms with E-state index >= 15 is 0 Å². The Kier molecular flexibility index (Phi) is 14.0. The highest BCUT2D eigenvalue weighted by Crippen LogP contribution is 2.47. The van der Waals surface area contributed by atoms with E-state index < -0.39 is 0 Å². The average Bonchev–Trinajstić information content (AvgIpc) is 0.994. The van der Waals surface area contributed by atoms with Gasteiger partial charge in [-0.25, -0.2) is 0 Å². The molecule has 16 aromatic carbocycles. The standard InChI is InChI=1S/C48H37N.C45H31N/c1-48(2,3)36-28-24-33(25-29-36)32-20-22-34(23-21-32)46-40-14-4-6-16-42(40)47(43-17-7-5-15-41(43)46)35-26-30-37(31-27-35)49-44-18-10-8-12-38(44)39-13-9-11-19-45(39)49;1-30-12-2-3-13-35(30)31-22-24-32(25-23-31)44-38-16-4-6-18-40(38)45(41-19-7-5-17-39(41)44)33-26-28-34(29-27-33)46-42-20-10-8-14-36(42)37-15-9-11-21-43(37)46/h4-31H,1-3H3;2-29H,1H3. The molecule has 2 aromatic heterocycles. The summed E-state index contributed by atoms with van der Waals surface area (Å²) in [6.07, 6.45) is 0. The van der Waals surface area contributed by atoms with Crippen LogP contribution in [0.1, 0.15) is 31.9 Å². The van der Waals surface area contributed by atoms with Crippen LogP contribution in [0.4, 0.5) is 0 Å². The summed E-state index contributed by atoms with van der Waals surface area (Å²) in [5, 5.41) is 15.3. The van der Waals surface area contributed by atoms with Gasteiger partial charge in [-0.15, -0.1) is 0 Å². The van der Waals surface area contributed by atoms with Crippen molar-refractivity contribution >= 4 is 86.7 Å².